The fourth-order valence-electron chi connectivity index (χ4n) is 5.69. The van der Waals surface area contributed by atoms with E-state index in [9.17, 15) is 29.0 Å². The van der Waals surface area contributed by atoms with Crippen LogP contribution >= 0.6 is 16.3 Å². The van der Waals surface area contributed by atoms with Gasteiger partial charge in [-0.3, -0.25) is 0 Å². The minimum atomic E-state index is -2.55. The molecule has 2 unspecified atom stereocenters. The van der Waals surface area contributed by atoms with Crippen molar-refractivity contribution in [2.75, 3.05) is 52.1 Å². The van der Waals surface area contributed by atoms with E-state index in [0.717, 1.165) is 11.1 Å². The van der Waals surface area contributed by atoms with Gasteiger partial charge in [0.15, 0.2) is 46.6 Å². The standard InChI is InChI=1S/2C19H23N6O6P.C4H4O4/c2*1-12(18(26)27)24-32(28)31-14(13-6-4-3-5-7-13)10-30-9-8-25-11-21-15-16(25)22-19(20)23-17(15)29-2;5-3(6)1-2-4(7)8/h2*3-7,11-12,14H,8-10H2,1-2H3,(H,26,27)(H2,20,22,23);1-2H,(H,5,6)(H,7,8)/b;;2-1+/t2*12-,14+;/m00./s1. The zero-order valence-corrected chi connectivity index (χ0v) is 40.6. The van der Waals surface area contributed by atoms with Gasteiger partial charge in [-0.15, -0.1) is 0 Å². The fraction of sp³-hybridized carbons (Fsp3) is 0.333. The van der Waals surface area contributed by atoms with Crippen molar-refractivity contribution >= 4 is 74.4 Å². The molecule has 0 bridgehead atoms. The molecule has 4 heterocycles. The minimum Gasteiger partial charge on any atom is -0.583 e. The Morgan fingerprint density at radius 1 is 0.639 bits per heavy atom. The molecule has 6 rings (SSSR count). The number of anilines is 2. The molecule has 4 aromatic heterocycles. The smallest absolute Gasteiger partial charge is 0.343 e. The average molecular weight is 1040 g/mol. The van der Waals surface area contributed by atoms with E-state index in [1.54, 1.807) is 46.1 Å². The maximum Gasteiger partial charge on any atom is 0.343 e. The molecule has 0 radical (unpaired) electrons. The van der Waals surface area contributed by atoms with Gasteiger partial charge in [0.05, 0.1) is 53.3 Å². The van der Waals surface area contributed by atoms with E-state index in [4.69, 9.17) is 59.9 Å². The number of carboxylic acids is 4. The zero-order chi connectivity index (χ0) is 52.7. The van der Waals surface area contributed by atoms with Gasteiger partial charge in [0.2, 0.25) is 23.7 Å². The van der Waals surface area contributed by atoms with Crippen LogP contribution in [0.1, 0.15) is 37.2 Å². The molecule has 0 aliphatic heterocycles. The third-order valence-corrected chi connectivity index (χ3v) is 11.1. The van der Waals surface area contributed by atoms with Crippen molar-refractivity contribution in [3.05, 3.63) is 96.6 Å². The number of nitrogens with two attached hydrogens (primary N) is 2. The number of carbonyl (C=O) groups is 4. The molecule has 6 atom stereocenters. The lowest BCUT2D eigenvalue weighted by molar-refractivity contribution is -0.182. The van der Waals surface area contributed by atoms with Crippen LogP contribution in [-0.2, 0) is 50.8 Å². The van der Waals surface area contributed by atoms with Crippen LogP contribution in [0.25, 0.3) is 22.3 Å². The number of hydrogen-bond donors (Lipinski definition) is 6. The molecule has 0 saturated carbocycles. The van der Waals surface area contributed by atoms with Crippen LogP contribution < -0.4 is 30.7 Å². The first-order valence-electron chi connectivity index (χ1n) is 21.0. The summed E-state index contributed by atoms with van der Waals surface area (Å²) in [5, 5.41) is 33.5. The maximum absolute atomic E-state index is 12.2. The number of carboxylic acid groups (broad SMARTS) is 4. The molecule has 8 N–H and O–H groups in total. The van der Waals surface area contributed by atoms with Gasteiger partial charge in [-0.2, -0.15) is 29.0 Å². The summed E-state index contributed by atoms with van der Waals surface area (Å²) in [6.45, 7) is 4.16. The SMILES string of the molecule is COc1nc(N)nc2c1ncn2CCOC[C@@H](O[P+]([O-])=N[C@@H](C)C(=O)O)c1ccccc1.COc1nc(N)nc2c1ncn2CCOC[C@@H](O[P+]([O-])=N[C@@H](C)C(=O)O)c1ccccc1.O=C(O)/C=C/C(=O)O. The van der Waals surface area contributed by atoms with E-state index in [1.165, 1.54) is 28.1 Å². The van der Waals surface area contributed by atoms with Crippen molar-refractivity contribution in [3.8, 4) is 11.8 Å². The molecule has 28 nitrogen and oxygen atoms in total. The van der Waals surface area contributed by atoms with Gasteiger partial charge in [-0.25, -0.2) is 29.1 Å². The molecule has 30 heteroatoms. The summed E-state index contributed by atoms with van der Waals surface area (Å²) in [5.74, 6) is -4.17. The lowest BCUT2D eigenvalue weighted by Gasteiger charge is -2.14. The second-order valence-electron chi connectivity index (χ2n) is 14.3. The molecule has 384 valence electrons. The summed E-state index contributed by atoms with van der Waals surface area (Å²) in [6, 6.07) is 15.8. The number of nitrogens with zero attached hydrogens (tertiary/aromatic N) is 10. The maximum atomic E-state index is 12.2. The number of rotatable bonds is 24. The second kappa shape index (κ2) is 28.9. The topological polar surface area (TPSA) is 415 Å². The first kappa shape index (κ1) is 56.9. The predicted molar refractivity (Wildman–Crippen MR) is 252 cm³/mol. The van der Waals surface area contributed by atoms with Crippen molar-refractivity contribution in [1.29, 1.82) is 0 Å². The van der Waals surface area contributed by atoms with Crippen LogP contribution in [0, 0.1) is 0 Å². The Labute approximate surface area is 411 Å². The summed E-state index contributed by atoms with van der Waals surface area (Å²) in [7, 11) is -2.15. The highest BCUT2D eigenvalue weighted by Crippen LogP contribution is 2.32. The van der Waals surface area contributed by atoms with Crippen molar-refractivity contribution in [1.82, 2.24) is 39.0 Å². The highest BCUT2D eigenvalue weighted by atomic mass is 31.1. The number of aromatic nitrogens is 8. The summed E-state index contributed by atoms with van der Waals surface area (Å²) in [6.07, 6.45) is 2.90. The van der Waals surface area contributed by atoms with Gasteiger partial charge in [0, 0.05) is 25.2 Å². The quantitative estimate of drug-likeness (QED) is 0.0288. The molecular formula is C42H50N12O16P2. The van der Waals surface area contributed by atoms with Crippen LogP contribution in [0.3, 0.4) is 0 Å². The largest absolute Gasteiger partial charge is 0.583 e. The summed E-state index contributed by atoms with van der Waals surface area (Å²) in [5.41, 5.74) is 14.9. The van der Waals surface area contributed by atoms with Crippen molar-refractivity contribution in [3.63, 3.8) is 0 Å². The Hall–Kier alpha value is -7.68. The molecule has 72 heavy (non-hydrogen) atoms. The van der Waals surface area contributed by atoms with Crippen molar-refractivity contribution < 1.29 is 77.4 Å². The van der Waals surface area contributed by atoms with Crippen LogP contribution in [0.4, 0.5) is 11.9 Å². The van der Waals surface area contributed by atoms with Gasteiger partial charge < -0.3 is 69.8 Å². The number of fused-ring (bicyclic) bond motifs is 2. The number of imidazole rings is 2. The van der Waals surface area contributed by atoms with E-state index >= 15 is 0 Å². The third-order valence-electron chi connectivity index (χ3n) is 9.17. The van der Waals surface area contributed by atoms with Crippen LogP contribution in [0.5, 0.6) is 11.8 Å². The summed E-state index contributed by atoms with van der Waals surface area (Å²) < 4.78 is 43.6. The molecule has 2 aromatic carbocycles. The highest BCUT2D eigenvalue weighted by molar-refractivity contribution is 7.33. The highest BCUT2D eigenvalue weighted by Gasteiger charge is 2.24. The van der Waals surface area contributed by atoms with Crippen LogP contribution in [-0.4, -0.2) is 136 Å². The van der Waals surface area contributed by atoms with Gasteiger partial charge in [-0.05, 0) is 25.0 Å². The normalized spacial score (nSPS) is 13.3. The van der Waals surface area contributed by atoms with E-state index in [0.29, 0.717) is 47.6 Å². The van der Waals surface area contributed by atoms with Crippen molar-refractivity contribution in [2.45, 2.75) is 51.2 Å². The van der Waals surface area contributed by atoms with E-state index in [2.05, 4.69) is 39.4 Å². The molecule has 0 fully saturated rings. The molecular weight excluding hydrogens is 990 g/mol. The monoisotopic (exact) mass is 1040 g/mol. The first-order valence-corrected chi connectivity index (χ1v) is 23.3. The Bertz CT molecular complexity index is 2650. The Morgan fingerprint density at radius 2 is 1.00 bits per heavy atom. The van der Waals surface area contributed by atoms with E-state index < -0.39 is 64.5 Å². The fourth-order valence-corrected chi connectivity index (χ4v) is 7.37. The zero-order valence-electron chi connectivity index (χ0n) is 38.8. The number of nitrogen functional groups attached to an aromatic ring is 2. The van der Waals surface area contributed by atoms with Crippen LogP contribution in [0.15, 0.2) is 95.0 Å². The third kappa shape index (κ3) is 18.2. The molecule has 0 aliphatic rings. The van der Waals surface area contributed by atoms with Gasteiger partial charge in [0.25, 0.3) is 0 Å². The summed E-state index contributed by atoms with van der Waals surface area (Å²) >= 11 is 0. The molecule has 0 spiro atoms. The van der Waals surface area contributed by atoms with Gasteiger partial charge >= 0.3 is 40.2 Å². The minimum absolute atomic E-state index is 0.0673. The number of hydrogen-bond acceptors (Lipinski definition) is 22. The Kier molecular flexibility index (Phi) is 22.8. The van der Waals surface area contributed by atoms with Crippen molar-refractivity contribution in [2.24, 2.45) is 9.49 Å². The second-order valence-corrected chi connectivity index (χ2v) is 16.1. The van der Waals surface area contributed by atoms with E-state index in [1.807, 2.05) is 36.4 Å². The number of ether oxygens (including phenoxy) is 4. The van der Waals surface area contributed by atoms with Gasteiger partial charge in [-0.1, -0.05) is 70.2 Å². The van der Waals surface area contributed by atoms with Crippen LogP contribution in [0.2, 0.25) is 0 Å². The number of methoxy groups -OCH3 is 2. The first-order chi connectivity index (χ1) is 34.4. The Morgan fingerprint density at radius 3 is 1.32 bits per heavy atom. The van der Waals surface area contributed by atoms with Gasteiger partial charge in [0.1, 0.15) is 0 Å². The van der Waals surface area contributed by atoms with E-state index in [-0.39, 0.29) is 50.1 Å². The summed E-state index contributed by atoms with van der Waals surface area (Å²) in [4.78, 5) is 90.2. The average Bonchev–Trinajstić information content (AvgIpc) is 3.96. The number of benzene rings is 2. The lowest BCUT2D eigenvalue weighted by Crippen LogP contribution is -2.16. The lowest BCUT2D eigenvalue weighted by atomic mass is 10.1. The molecule has 6 aromatic rings. The Balaban J connectivity index is 0.000000271. The molecule has 0 aliphatic carbocycles. The molecule has 0 amide bonds. The predicted octanol–water partition coefficient (Wildman–Crippen LogP) is 2.75. The molecule has 0 saturated heterocycles. The number of aliphatic carboxylic acids is 4.